The van der Waals surface area contributed by atoms with Gasteiger partial charge in [-0.2, -0.15) is 15.5 Å². The first-order chi connectivity index (χ1) is 7.72. The highest BCUT2D eigenvalue weighted by Crippen LogP contribution is 2.17. The highest BCUT2D eigenvalue weighted by atomic mass is 15.3. The van der Waals surface area contributed by atoms with Crippen LogP contribution in [0.1, 0.15) is 17.1 Å². The number of H-pyrrole nitrogens is 1. The van der Waals surface area contributed by atoms with E-state index >= 15 is 0 Å². The van der Waals surface area contributed by atoms with Crippen LogP contribution in [0.2, 0.25) is 0 Å². The fourth-order valence-electron chi connectivity index (χ4n) is 1.48. The summed E-state index contributed by atoms with van der Waals surface area (Å²) in [4.78, 5) is 3.98. The van der Waals surface area contributed by atoms with Crippen molar-refractivity contribution in [3.63, 3.8) is 0 Å². The second-order valence-corrected chi connectivity index (χ2v) is 3.33. The molecule has 2 aromatic heterocycles. The SMILES string of the molecule is Cc1nn(C)c(NCc2ncn[nH]2)c1C#N. The fourth-order valence-corrected chi connectivity index (χ4v) is 1.48. The molecule has 0 spiro atoms. The molecular weight excluding hydrogens is 206 g/mol. The molecule has 2 aromatic rings. The first-order valence-corrected chi connectivity index (χ1v) is 4.74. The standard InChI is InChI=1S/C9H11N7/c1-6-7(3-10)9(16(2)15-6)11-4-8-12-5-13-14-8/h5,11H,4H2,1-2H3,(H,12,13,14). The third-order valence-electron chi connectivity index (χ3n) is 2.22. The largest absolute Gasteiger partial charge is 0.362 e. The lowest BCUT2D eigenvalue weighted by molar-refractivity contribution is 0.755. The molecule has 0 amide bonds. The van der Waals surface area contributed by atoms with E-state index in [4.69, 9.17) is 5.26 Å². The van der Waals surface area contributed by atoms with Gasteiger partial charge in [0, 0.05) is 7.05 Å². The molecule has 7 heteroatoms. The number of nitrogens with one attached hydrogen (secondary N) is 2. The van der Waals surface area contributed by atoms with E-state index in [9.17, 15) is 0 Å². The van der Waals surface area contributed by atoms with Crippen LogP contribution in [0.25, 0.3) is 0 Å². The molecule has 7 nitrogen and oxygen atoms in total. The molecule has 0 unspecified atom stereocenters. The van der Waals surface area contributed by atoms with Gasteiger partial charge in [-0.25, -0.2) is 4.98 Å². The molecule has 2 heterocycles. The molecule has 2 N–H and O–H groups in total. The van der Waals surface area contributed by atoms with Gasteiger partial charge in [0.1, 0.15) is 29.6 Å². The number of rotatable bonds is 3. The molecule has 0 atom stereocenters. The molecule has 0 aliphatic carbocycles. The van der Waals surface area contributed by atoms with Crippen LogP contribution in [0.3, 0.4) is 0 Å². The number of aromatic amines is 1. The van der Waals surface area contributed by atoms with Crippen LogP contribution >= 0.6 is 0 Å². The van der Waals surface area contributed by atoms with Crippen LogP contribution in [0.4, 0.5) is 5.82 Å². The normalized spacial score (nSPS) is 10.1. The fraction of sp³-hybridized carbons (Fsp3) is 0.333. The second kappa shape index (κ2) is 4.02. The van der Waals surface area contributed by atoms with Gasteiger partial charge in [-0.3, -0.25) is 9.78 Å². The van der Waals surface area contributed by atoms with Gasteiger partial charge in [-0.05, 0) is 6.92 Å². The van der Waals surface area contributed by atoms with Crippen molar-refractivity contribution in [2.75, 3.05) is 5.32 Å². The minimum Gasteiger partial charge on any atom is -0.362 e. The Balaban J connectivity index is 2.19. The van der Waals surface area contributed by atoms with Gasteiger partial charge in [-0.1, -0.05) is 0 Å². The Morgan fingerprint density at radius 2 is 2.44 bits per heavy atom. The van der Waals surface area contributed by atoms with Crippen molar-refractivity contribution in [1.29, 1.82) is 5.26 Å². The van der Waals surface area contributed by atoms with Gasteiger partial charge in [-0.15, -0.1) is 0 Å². The van der Waals surface area contributed by atoms with Crippen molar-refractivity contribution in [3.05, 3.63) is 23.4 Å². The maximum atomic E-state index is 8.99. The minimum absolute atomic E-state index is 0.480. The molecule has 0 aliphatic rings. The summed E-state index contributed by atoms with van der Waals surface area (Å²) < 4.78 is 1.64. The summed E-state index contributed by atoms with van der Waals surface area (Å²) in [6, 6.07) is 2.12. The Morgan fingerprint density at radius 3 is 3.06 bits per heavy atom. The second-order valence-electron chi connectivity index (χ2n) is 3.33. The molecule has 0 aromatic carbocycles. The average molecular weight is 217 g/mol. The monoisotopic (exact) mass is 217 g/mol. The summed E-state index contributed by atoms with van der Waals surface area (Å²) >= 11 is 0. The topological polar surface area (TPSA) is 95.2 Å². The summed E-state index contributed by atoms with van der Waals surface area (Å²) in [7, 11) is 1.79. The first kappa shape index (κ1) is 10.2. The number of nitriles is 1. The van der Waals surface area contributed by atoms with Crippen LogP contribution in [0.5, 0.6) is 0 Å². The highest BCUT2D eigenvalue weighted by Gasteiger charge is 2.12. The Kier molecular flexibility index (Phi) is 2.55. The summed E-state index contributed by atoms with van der Waals surface area (Å²) in [6.07, 6.45) is 1.44. The Bertz CT molecular complexity index is 517. The van der Waals surface area contributed by atoms with Gasteiger partial charge in [0.2, 0.25) is 0 Å². The van der Waals surface area contributed by atoms with Crippen molar-refractivity contribution in [2.24, 2.45) is 7.05 Å². The van der Waals surface area contributed by atoms with E-state index in [0.29, 0.717) is 29.4 Å². The lowest BCUT2D eigenvalue weighted by Crippen LogP contribution is -2.07. The Labute approximate surface area is 92.1 Å². The van der Waals surface area contributed by atoms with E-state index in [1.807, 2.05) is 0 Å². The molecular formula is C9H11N7. The van der Waals surface area contributed by atoms with Gasteiger partial charge >= 0.3 is 0 Å². The van der Waals surface area contributed by atoms with E-state index in [2.05, 4.69) is 31.7 Å². The van der Waals surface area contributed by atoms with Crippen molar-refractivity contribution >= 4 is 5.82 Å². The van der Waals surface area contributed by atoms with Gasteiger partial charge < -0.3 is 5.32 Å². The van der Waals surface area contributed by atoms with Gasteiger partial charge in [0.25, 0.3) is 0 Å². The lowest BCUT2D eigenvalue weighted by Gasteiger charge is -2.04. The maximum absolute atomic E-state index is 8.99. The summed E-state index contributed by atoms with van der Waals surface area (Å²) in [5.74, 6) is 1.40. The molecule has 0 fully saturated rings. The van der Waals surface area contributed by atoms with Crippen molar-refractivity contribution < 1.29 is 0 Å². The summed E-state index contributed by atoms with van der Waals surface area (Å²) in [6.45, 7) is 2.28. The molecule has 2 rings (SSSR count). The van der Waals surface area contributed by atoms with Crippen molar-refractivity contribution in [2.45, 2.75) is 13.5 Å². The van der Waals surface area contributed by atoms with Crippen molar-refractivity contribution in [3.8, 4) is 6.07 Å². The number of aryl methyl sites for hydroxylation is 2. The Morgan fingerprint density at radius 1 is 1.62 bits per heavy atom. The van der Waals surface area contributed by atoms with Crippen LogP contribution < -0.4 is 5.32 Å². The van der Waals surface area contributed by atoms with Crippen LogP contribution in [0, 0.1) is 18.3 Å². The predicted octanol–water partition coefficient (Wildman–Crippen LogP) is 0.330. The zero-order chi connectivity index (χ0) is 11.5. The third-order valence-corrected chi connectivity index (χ3v) is 2.22. The predicted molar refractivity (Wildman–Crippen MR) is 56.4 cm³/mol. The average Bonchev–Trinajstić information content (AvgIpc) is 2.83. The molecule has 0 bridgehead atoms. The molecule has 16 heavy (non-hydrogen) atoms. The summed E-state index contributed by atoms with van der Waals surface area (Å²) in [5, 5.41) is 22.7. The number of hydrogen-bond donors (Lipinski definition) is 2. The van der Waals surface area contributed by atoms with E-state index < -0.39 is 0 Å². The van der Waals surface area contributed by atoms with E-state index in [1.165, 1.54) is 6.33 Å². The van der Waals surface area contributed by atoms with Crippen LogP contribution in [0.15, 0.2) is 6.33 Å². The van der Waals surface area contributed by atoms with Crippen molar-refractivity contribution in [1.82, 2.24) is 25.0 Å². The molecule has 0 saturated heterocycles. The minimum atomic E-state index is 0.480. The number of anilines is 1. The maximum Gasteiger partial charge on any atom is 0.143 e. The molecule has 0 saturated carbocycles. The van der Waals surface area contributed by atoms with E-state index in [0.717, 1.165) is 0 Å². The van der Waals surface area contributed by atoms with Gasteiger partial charge in [0.05, 0.1) is 12.2 Å². The quantitative estimate of drug-likeness (QED) is 0.772. The number of hydrogen-bond acceptors (Lipinski definition) is 5. The zero-order valence-electron chi connectivity index (χ0n) is 9.02. The number of nitrogens with zero attached hydrogens (tertiary/aromatic N) is 5. The Hall–Kier alpha value is -2.36. The van der Waals surface area contributed by atoms with Gasteiger partial charge in [0.15, 0.2) is 0 Å². The number of aromatic nitrogens is 5. The summed E-state index contributed by atoms with van der Waals surface area (Å²) in [5.41, 5.74) is 1.27. The molecule has 0 radical (unpaired) electrons. The highest BCUT2D eigenvalue weighted by molar-refractivity contribution is 5.54. The van der Waals surface area contributed by atoms with Crippen LogP contribution in [-0.2, 0) is 13.6 Å². The molecule has 0 aliphatic heterocycles. The zero-order valence-corrected chi connectivity index (χ0v) is 9.02. The van der Waals surface area contributed by atoms with E-state index in [1.54, 1.807) is 18.7 Å². The first-order valence-electron chi connectivity index (χ1n) is 4.74. The third kappa shape index (κ3) is 1.72. The molecule has 82 valence electrons. The van der Waals surface area contributed by atoms with Crippen LogP contribution in [-0.4, -0.2) is 25.0 Å². The van der Waals surface area contributed by atoms with E-state index in [-0.39, 0.29) is 0 Å². The lowest BCUT2D eigenvalue weighted by atomic mass is 10.2. The smallest absolute Gasteiger partial charge is 0.143 e.